The molecule has 3 heterocycles. The highest BCUT2D eigenvalue weighted by Crippen LogP contribution is 2.43. The summed E-state index contributed by atoms with van der Waals surface area (Å²) >= 11 is 0. The number of carbonyl (C=O) groups is 1. The Morgan fingerprint density at radius 2 is 2.17 bits per heavy atom. The van der Waals surface area contributed by atoms with Crippen molar-refractivity contribution in [2.24, 2.45) is 5.73 Å². The van der Waals surface area contributed by atoms with E-state index < -0.39 is 5.91 Å². The Hall–Kier alpha value is -1.69. The molecule has 2 fully saturated rings. The minimum absolute atomic E-state index is 0.174. The lowest BCUT2D eigenvalue weighted by atomic mass is 9.88. The standard InChI is InChI=1S/C12H16N4O2/c1-5-9(11(14)17)10(13)16-12(15-5)7-4-6-2-3-8(7)18-6/h6-8H,2-4H2,1H3,(H2,14,17)(H2,13,15,16). The maximum Gasteiger partial charge on any atom is 0.254 e. The van der Waals surface area contributed by atoms with Gasteiger partial charge in [0.05, 0.1) is 17.9 Å². The van der Waals surface area contributed by atoms with Gasteiger partial charge < -0.3 is 16.2 Å². The first-order chi connectivity index (χ1) is 8.56. The van der Waals surface area contributed by atoms with Crippen LogP contribution in [0.25, 0.3) is 0 Å². The fourth-order valence-corrected chi connectivity index (χ4v) is 3.00. The number of primary amides is 1. The molecule has 18 heavy (non-hydrogen) atoms. The van der Waals surface area contributed by atoms with Gasteiger partial charge in [-0.25, -0.2) is 9.97 Å². The van der Waals surface area contributed by atoms with E-state index in [1.54, 1.807) is 6.92 Å². The quantitative estimate of drug-likeness (QED) is 0.793. The first kappa shape index (κ1) is 11.4. The van der Waals surface area contributed by atoms with Crippen LogP contribution in [0.3, 0.4) is 0 Å². The fourth-order valence-electron chi connectivity index (χ4n) is 3.00. The van der Waals surface area contributed by atoms with Crippen LogP contribution in [0.5, 0.6) is 0 Å². The highest BCUT2D eigenvalue weighted by Gasteiger charge is 2.43. The summed E-state index contributed by atoms with van der Waals surface area (Å²) in [5, 5.41) is 0. The van der Waals surface area contributed by atoms with Crippen LogP contribution < -0.4 is 11.5 Å². The number of hydrogen-bond acceptors (Lipinski definition) is 5. The van der Waals surface area contributed by atoms with Crippen molar-refractivity contribution < 1.29 is 9.53 Å². The van der Waals surface area contributed by atoms with Crippen molar-refractivity contribution >= 4 is 11.7 Å². The molecule has 0 aromatic carbocycles. The topological polar surface area (TPSA) is 104 Å². The number of amides is 1. The number of anilines is 1. The number of nitrogens with two attached hydrogens (primary N) is 2. The van der Waals surface area contributed by atoms with E-state index in [0.717, 1.165) is 19.3 Å². The molecule has 0 radical (unpaired) electrons. The normalized spacial score (nSPS) is 29.7. The summed E-state index contributed by atoms with van der Waals surface area (Å²) in [7, 11) is 0. The molecular weight excluding hydrogens is 232 g/mol. The maximum atomic E-state index is 11.2. The number of ether oxygens (including phenoxy) is 1. The van der Waals surface area contributed by atoms with Gasteiger partial charge in [0, 0.05) is 5.92 Å². The SMILES string of the molecule is Cc1nc(C2CC3CCC2O3)nc(N)c1C(N)=O. The minimum Gasteiger partial charge on any atom is -0.383 e. The largest absolute Gasteiger partial charge is 0.383 e. The van der Waals surface area contributed by atoms with E-state index in [2.05, 4.69) is 9.97 Å². The molecule has 0 spiro atoms. The van der Waals surface area contributed by atoms with E-state index in [-0.39, 0.29) is 23.4 Å². The van der Waals surface area contributed by atoms with E-state index >= 15 is 0 Å². The highest BCUT2D eigenvalue weighted by molar-refractivity contribution is 5.98. The number of hydrogen-bond donors (Lipinski definition) is 2. The summed E-state index contributed by atoms with van der Waals surface area (Å²) in [6.45, 7) is 1.73. The summed E-state index contributed by atoms with van der Waals surface area (Å²) in [5.41, 5.74) is 11.8. The molecule has 1 aromatic heterocycles. The third-order valence-corrected chi connectivity index (χ3v) is 3.82. The van der Waals surface area contributed by atoms with E-state index in [1.165, 1.54) is 0 Å². The van der Waals surface area contributed by atoms with Gasteiger partial charge in [-0.1, -0.05) is 0 Å². The second-order valence-corrected chi connectivity index (χ2v) is 5.01. The van der Waals surface area contributed by atoms with Gasteiger partial charge in [0.25, 0.3) is 5.91 Å². The Morgan fingerprint density at radius 3 is 2.67 bits per heavy atom. The minimum atomic E-state index is -0.583. The van der Waals surface area contributed by atoms with E-state index in [0.29, 0.717) is 17.6 Å². The fraction of sp³-hybridized carbons (Fsp3) is 0.583. The molecule has 6 nitrogen and oxygen atoms in total. The maximum absolute atomic E-state index is 11.2. The molecular formula is C12H16N4O2. The van der Waals surface area contributed by atoms with Crippen molar-refractivity contribution in [2.45, 2.75) is 44.3 Å². The highest BCUT2D eigenvalue weighted by atomic mass is 16.5. The molecule has 6 heteroatoms. The number of carbonyl (C=O) groups excluding carboxylic acids is 1. The molecule has 0 aliphatic carbocycles. The van der Waals surface area contributed by atoms with Gasteiger partial charge in [-0.2, -0.15) is 0 Å². The van der Waals surface area contributed by atoms with Crippen molar-refractivity contribution in [3.05, 3.63) is 17.1 Å². The first-order valence-corrected chi connectivity index (χ1v) is 6.15. The van der Waals surface area contributed by atoms with Crippen molar-refractivity contribution in [3.8, 4) is 0 Å². The van der Waals surface area contributed by atoms with Crippen LogP contribution in [0, 0.1) is 6.92 Å². The lowest BCUT2D eigenvalue weighted by Crippen LogP contribution is -2.22. The van der Waals surface area contributed by atoms with Crippen LogP contribution in [0.1, 0.15) is 47.1 Å². The van der Waals surface area contributed by atoms with Crippen LogP contribution >= 0.6 is 0 Å². The lowest BCUT2D eigenvalue weighted by Gasteiger charge is -2.18. The molecule has 96 valence electrons. The van der Waals surface area contributed by atoms with Gasteiger partial charge >= 0.3 is 0 Å². The molecule has 2 bridgehead atoms. The zero-order valence-electron chi connectivity index (χ0n) is 10.2. The van der Waals surface area contributed by atoms with Gasteiger partial charge in [-0.15, -0.1) is 0 Å². The monoisotopic (exact) mass is 248 g/mol. The van der Waals surface area contributed by atoms with Crippen molar-refractivity contribution in [1.29, 1.82) is 0 Å². The van der Waals surface area contributed by atoms with Gasteiger partial charge in [0.2, 0.25) is 0 Å². The summed E-state index contributed by atoms with van der Waals surface area (Å²) < 4.78 is 5.78. The molecule has 3 atom stereocenters. The smallest absolute Gasteiger partial charge is 0.254 e. The predicted octanol–water partition coefficient (Wildman–Crippen LogP) is 0.501. The van der Waals surface area contributed by atoms with Crippen LogP contribution in [0.15, 0.2) is 0 Å². The Morgan fingerprint density at radius 1 is 1.39 bits per heavy atom. The molecule has 2 saturated heterocycles. The van der Waals surface area contributed by atoms with E-state index in [9.17, 15) is 4.79 Å². The number of nitrogen functional groups attached to an aromatic ring is 1. The molecule has 2 aliphatic rings. The molecule has 3 unspecified atom stereocenters. The van der Waals surface area contributed by atoms with Gasteiger partial charge in [-0.05, 0) is 26.2 Å². The van der Waals surface area contributed by atoms with Crippen molar-refractivity contribution in [2.75, 3.05) is 5.73 Å². The predicted molar refractivity (Wildman–Crippen MR) is 65.0 cm³/mol. The average molecular weight is 248 g/mol. The van der Waals surface area contributed by atoms with Crippen molar-refractivity contribution in [3.63, 3.8) is 0 Å². The Kier molecular flexibility index (Phi) is 2.48. The second kappa shape index (κ2) is 3.91. The molecule has 2 aliphatic heterocycles. The average Bonchev–Trinajstić information content (AvgIpc) is 2.88. The van der Waals surface area contributed by atoms with Crippen LogP contribution in [0.4, 0.5) is 5.82 Å². The zero-order valence-corrected chi connectivity index (χ0v) is 10.2. The third kappa shape index (κ3) is 1.64. The van der Waals surface area contributed by atoms with E-state index in [1.807, 2.05) is 0 Å². The molecule has 1 amide bonds. The van der Waals surface area contributed by atoms with Crippen LogP contribution in [-0.4, -0.2) is 28.1 Å². The summed E-state index contributed by atoms with van der Waals surface area (Å²) in [6, 6.07) is 0. The number of rotatable bonds is 2. The molecule has 3 rings (SSSR count). The zero-order chi connectivity index (χ0) is 12.9. The number of nitrogens with zero attached hydrogens (tertiary/aromatic N) is 2. The Balaban J connectivity index is 1.97. The number of aromatic nitrogens is 2. The number of aryl methyl sites for hydroxylation is 1. The van der Waals surface area contributed by atoms with Gasteiger partial charge in [0.15, 0.2) is 0 Å². The van der Waals surface area contributed by atoms with Crippen molar-refractivity contribution in [1.82, 2.24) is 9.97 Å². The summed E-state index contributed by atoms with van der Waals surface area (Å²) in [5.74, 6) is 0.474. The molecule has 4 N–H and O–H groups in total. The molecule has 1 aromatic rings. The second-order valence-electron chi connectivity index (χ2n) is 5.01. The lowest BCUT2D eigenvalue weighted by molar-refractivity contribution is 0.0998. The Labute approximate surface area is 105 Å². The van der Waals surface area contributed by atoms with E-state index in [4.69, 9.17) is 16.2 Å². The summed E-state index contributed by atoms with van der Waals surface area (Å²) in [4.78, 5) is 19.9. The first-order valence-electron chi connectivity index (χ1n) is 6.15. The van der Waals surface area contributed by atoms with Crippen LogP contribution in [-0.2, 0) is 4.74 Å². The number of fused-ring (bicyclic) bond motifs is 2. The van der Waals surface area contributed by atoms with Gasteiger partial charge in [-0.3, -0.25) is 4.79 Å². The Bertz CT molecular complexity index is 494. The summed E-state index contributed by atoms with van der Waals surface area (Å²) in [6.07, 6.45) is 3.65. The third-order valence-electron chi connectivity index (χ3n) is 3.82. The molecule has 0 saturated carbocycles. The van der Waals surface area contributed by atoms with Crippen LogP contribution in [0.2, 0.25) is 0 Å². The van der Waals surface area contributed by atoms with Gasteiger partial charge in [0.1, 0.15) is 17.2 Å².